The van der Waals surface area contributed by atoms with Crippen LogP contribution in [0.5, 0.6) is 0 Å². The highest BCUT2D eigenvalue weighted by atomic mass is 16.6. The van der Waals surface area contributed by atoms with Crippen molar-refractivity contribution in [3.05, 3.63) is 47.6 Å². The number of aliphatic hydroxyl groups is 3. The van der Waals surface area contributed by atoms with Crippen LogP contribution in [0.2, 0.25) is 0 Å². The molecule has 3 N–H and O–H groups in total. The van der Waals surface area contributed by atoms with Crippen molar-refractivity contribution < 1.29 is 48.6 Å². The zero-order valence-electron chi connectivity index (χ0n) is 22.4. The predicted molar refractivity (Wildman–Crippen MR) is 137 cm³/mol. The van der Waals surface area contributed by atoms with Crippen LogP contribution in [0, 0.1) is 10.8 Å². The minimum absolute atomic E-state index is 0.0455. The van der Waals surface area contributed by atoms with Crippen molar-refractivity contribution in [2.45, 2.75) is 75.7 Å². The Hall–Kier alpha value is -2.34. The average molecular weight is 547 g/mol. The van der Waals surface area contributed by atoms with Gasteiger partial charge in [0.2, 0.25) is 0 Å². The second kappa shape index (κ2) is 10.9. The second-order valence-electron chi connectivity index (χ2n) is 11.4. The van der Waals surface area contributed by atoms with Gasteiger partial charge in [-0.3, -0.25) is 0 Å². The number of carbonyl (C=O) groups is 2. The van der Waals surface area contributed by atoms with Crippen LogP contribution in [0.1, 0.15) is 39.5 Å². The first kappa shape index (κ1) is 28.2. The molecule has 214 valence electrons. The molecule has 2 aliphatic carbocycles. The molecule has 0 aromatic carbocycles. The molecule has 0 aromatic heterocycles. The third kappa shape index (κ3) is 4.81. The largest absolute Gasteiger partial charge is 0.458 e. The van der Waals surface area contributed by atoms with Crippen LogP contribution in [0.4, 0.5) is 0 Å². The molecule has 3 fully saturated rings. The number of fused-ring (bicyclic) bond motifs is 2. The number of esters is 2. The maximum Gasteiger partial charge on any atom is 0.331 e. The summed E-state index contributed by atoms with van der Waals surface area (Å²) in [6.45, 7) is 4.53. The topological polar surface area (TPSA) is 144 Å². The summed E-state index contributed by atoms with van der Waals surface area (Å²) in [6.07, 6.45) is 9.21. The van der Waals surface area contributed by atoms with Crippen LogP contribution in [0.15, 0.2) is 47.6 Å². The Bertz CT molecular complexity index is 1090. The minimum atomic E-state index is -0.775. The van der Waals surface area contributed by atoms with Crippen molar-refractivity contribution >= 4 is 11.9 Å². The number of rotatable bonds is 11. The van der Waals surface area contributed by atoms with Crippen molar-refractivity contribution in [2.75, 3.05) is 33.0 Å². The Morgan fingerprint density at radius 1 is 1.28 bits per heavy atom. The highest BCUT2D eigenvalue weighted by Gasteiger charge is 2.82. The van der Waals surface area contributed by atoms with Crippen LogP contribution >= 0.6 is 0 Å². The summed E-state index contributed by atoms with van der Waals surface area (Å²) in [5.74, 6) is -0.872. The number of epoxide rings is 1. The quantitative estimate of drug-likeness (QED) is 0.114. The minimum Gasteiger partial charge on any atom is -0.458 e. The molecule has 3 aliphatic heterocycles. The van der Waals surface area contributed by atoms with Gasteiger partial charge in [-0.25, -0.2) is 9.59 Å². The van der Waals surface area contributed by atoms with E-state index in [9.17, 15) is 24.9 Å². The summed E-state index contributed by atoms with van der Waals surface area (Å²) in [5.41, 5.74) is -0.213. The van der Waals surface area contributed by atoms with E-state index >= 15 is 0 Å². The van der Waals surface area contributed by atoms with Crippen molar-refractivity contribution in [3.8, 4) is 0 Å². The zero-order valence-corrected chi connectivity index (χ0v) is 22.4. The molecule has 3 heterocycles. The molecule has 1 saturated carbocycles. The first-order valence-corrected chi connectivity index (χ1v) is 13.6. The standard InChI is InChI=1S/C29H38O10/c1-18(32)21(35-10-8-20-12-26(34)36-15-20)5-3-4-6-25(33)39-22-13-24-29(17-37-29)27(22,2)28(16-31)9-7-19(14-30)11-23(28)38-24/h3-6,11-12,18,21-24,30-32H,7-10,13-17H2,1-2H3. The number of hydrogen-bond acceptors (Lipinski definition) is 10. The first-order chi connectivity index (χ1) is 18.7. The van der Waals surface area contributed by atoms with Gasteiger partial charge < -0.3 is 39.0 Å². The van der Waals surface area contributed by atoms with Crippen LogP contribution in [0.25, 0.3) is 0 Å². The van der Waals surface area contributed by atoms with Crippen LogP contribution < -0.4 is 0 Å². The van der Waals surface area contributed by atoms with Gasteiger partial charge in [-0.1, -0.05) is 31.2 Å². The molecule has 2 saturated heterocycles. The third-order valence-corrected chi connectivity index (χ3v) is 9.41. The smallest absolute Gasteiger partial charge is 0.331 e. The van der Waals surface area contributed by atoms with Gasteiger partial charge in [-0.2, -0.15) is 0 Å². The van der Waals surface area contributed by atoms with Gasteiger partial charge in [0.15, 0.2) is 0 Å². The number of hydrogen-bond donors (Lipinski definition) is 3. The fourth-order valence-corrected chi connectivity index (χ4v) is 6.94. The number of ether oxygens (including phenoxy) is 5. The molecule has 10 nitrogen and oxygen atoms in total. The Labute approximate surface area is 227 Å². The lowest BCUT2D eigenvalue weighted by Gasteiger charge is -2.58. The Kier molecular flexibility index (Phi) is 7.89. The Morgan fingerprint density at radius 3 is 2.72 bits per heavy atom. The van der Waals surface area contributed by atoms with Crippen LogP contribution in [0.3, 0.4) is 0 Å². The molecule has 0 aromatic rings. The maximum absolute atomic E-state index is 12.9. The van der Waals surface area contributed by atoms with E-state index in [1.807, 2.05) is 13.0 Å². The summed E-state index contributed by atoms with van der Waals surface area (Å²) in [6, 6.07) is 0. The van der Waals surface area contributed by atoms with Gasteiger partial charge in [0, 0.05) is 29.4 Å². The van der Waals surface area contributed by atoms with E-state index in [4.69, 9.17) is 23.7 Å². The molecular weight excluding hydrogens is 508 g/mol. The van der Waals surface area contributed by atoms with E-state index in [2.05, 4.69) is 0 Å². The van der Waals surface area contributed by atoms with Crippen molar-refractivity contribution in [2.24, 2.45) is 10.8 Å². The number of carbonyl (C=O) groups excluding carboxylic acids is 2. The fourth-order valence-electron chi connectivity index (χ4n) is 6.94. The van der Waals surface area contributed by atoms with Gasteiger partial charge in [0.1, 0.15) is 24.4 Å². The van der Waals surface area contributed by atoms with Crippen molar-refractivity contribution in [1.29, 1.82) is 0 Å². The van der Waals surface area contributed by atoms with E-state index < -0.39 is 40.7 Å². The normalized spacial score (nSPS) is 38.5. The first-order valence-electron chi connectivity index (χ1n) is 13.6. The van der Waals surface area contributed by atoms with E-state index in [1.54, 1.807) is 19.1 Å². The summed E-state index contributed by atoms with van der Waals surface area (Å²) in [5, 5.41) is 30.4. The molecule has 2 bridgehead atoms. The zero-order chi connectivity index (χ0) is 27.8. The van der Waals surface area contributed by atoms with E-state index in [1.165, 1.54) is 18.2 Å². The Morgan fingerprint density at radius 2 is 2.08 bits per heavy atom. The van der Waals surface area contributed by atoms with Gasteiger partial charge in [0.05, 0.1) is 44.7 Å². The molecule has 0 amide bonds. The van der Waals surface area contributed by atoms with Crippen molar-refractivity contribution in [3.63, 3.8) is 0 Å². The SMILES string of the molecule is CC(O)C(C=CC=CC(=O)OC1CC2OC3C=C(CO)CCC3(CO)C1(C)C21CO1)OCCC1=CC(=O)OC1. The molecule has 10 heteroatoms. The fraction of sp³-hybridized carbons (Fsp3) is 0.655. The lowest BCUT2D eigenvalue weighted by Crippen LogP contribution is -2.66. The van der Waals surface area contributed by atoms with Gasteiger partial charge >= 0.3 is 11.9 Å². The Balaban J connectivity index is 1.22. The lowest BCUT2D eigenvalue weighted by molar-refractivity contribution is -0.228. The van der Waals surface area contributed by atoms with Crippen molar-refractivity contribution in [1.82, 2.24) is 0 Å². The molecule has 5 aliphatic rings. The third-order valence-electron chi connectivity index (χ3n) is 9.41. The second-order valence-corrected chi connectivity index (χ2v) is 11.4. The monoisotopic (exact) mass is 546 g/mol. The highest BCUT2D eigenvalue weighted by molar-refractivity contribution is 5.85. The summed E-state index contributed by atoms with van der Waals surface area (Å²) >= 11 is 0. The number of aliphatic hydroxyl groups excluding tert-OH is 3. The van der Waals surface area contributed by atoms with Crippen LogP contribution in [-0.2, 0) is 33.3 Å². The predicted octanol–water partition coefficient (Wildman–Crippen LogP) is 1.29. The van der Waals surface area contributed by atoms with E-state index in [0.717, 1.165) is 11.1 Å². The maximum atomic E-state index is 12.9. The number of allylic oxidation sites excluding steroid dienone is 2. The molecule has 5 rings (SSSR count). The van der Waals surface area contributed by atoms with Crippen LogP contribution in [-0.4, -0.2) is 96.4 Å². The van der Waals surface area contributed by atoms with Gasteiger partial charge in [-0.15, -0.1) is 0 Å². The molecule has 8 atom stereocenters. The molecule has 8 unspecified atom stereocenters. The molecule has 0 radical (unpaired) electrons. The summed E-state index contributed by atoms with van der Waals surface area (Å²) in [7, 11) is 0. The summed E-state index contributed by atoms with van der Waals surface area (Å²) in [4.78, 5) is 24.0. The van der Waals surface area contributed by atoms with Gasteiger partial charge in [-0.05, 0) is 37.3 Å². The molecule has 1 spiro atoms. The lowest BCUT2D eigenvalue weighted by atomic mass is 9.51. The molecule has 39 heavy (non-hydrogen) atoms. The van der Waals surface area contributed by atoms with Gasteiger partial charge in [0.25, 0.3) is 0 Å². The van der Waals surface area contributed by atoms with E-state index in [0.29, 0.717) is 38.9 Å². The van der Waals surface area contributed by atoms with E-state index in [-0.39, 0.29) is 38.0 Å². The number of cyclic esters (lactones) is 1. The highest BCUT2D eigenvalue weighted by Crippen LogP contribution is 2.71. The average Bonchev–Trinajstić information content (AvgIpc) is 3.59. The molecular formula is C29H38O10. The summed E-state index contributed by atoms with van der Waals surface area (Å²) < 4.78 is 29.0.